The Balaban J connectivity index is 1.73. The molecule has 2 N–H and O–H groups in total. The van der Waals surface area contributed by atoms with Gasteiger partial charge in [-0.1, -0.05) is 31.2 Å². The van der Waals surface area contributed by atoms with Gasteiger partial charge in [-0.3, -0.25) is 14.4 Å². The Kier molecular flexibility index (Phi) is 7.21. The standard InChI is InChI=1S/C23H20BrN3O4/c1-3-9-18(26-21(29)14-10-5-6-11-15(14)24)22(30)25-16(4-2)20(28)23-27-17-12-7-8-13-19(17)31-23/h1,5-8,10-13,16,18H,4,9H2,2H3,(H,25,30)(H,26,29)/t16-,18?/m0/s1. The minimum atomic E-state index is -1.00. The van der Waals surface area contributed by atoms with Crippen molar-refractivity contribution in [1.29, 1.82) is 0 Å². The molecule has 3 aromatic rings. The smallest absolute Gasteiger partial charge is 0.266 e. The quantitative estimate of drug-likeness (QED) is 0.378. The van der Waals surface area contributed by atoms with Gasteiger partial charge in [0.25, 0.3) is 11.8 Å². The number of Topliss-reactive ketones (excluding diaryl/α,β-unsaturated/α-hetero) is 1. The van der Waals surface area contributed by atoms with Crippen LogP contribution in [0.5, 0.6) is 0 Å². The summed E-state index contributed by atoms with van der Waals surface area (Å²) >= 11 is 3.31. The summed E-state index contributed by atoms with van der Waals surface area (Å²) in [4.78, 5) is 42.4. The lowest BCUT2D eigenvalue weighted by Crippen LogP contribution is -2.51. The Morgan fingerprint density at radius 2 is 1.81 bits per heavy atom. The lowest BCUT2D eigenvalue weighted by Gasteiger charge is -2.20. The fourth-order valence-electron chi connectivity index (χ4n) is 2.96. The number of para-hydroxylation sites is 2. The summed E-state index contributed by atoms with van der Waals surface area (Å²) < 4.78 is 6.11. The molecule has 31 heavy (non-hydrogen) atoms. The molecule has 0 aliphatic rings. The van der Waals surface area contributed by atoms with Crippen molar-refractivity contribution in [2.45, 2.75) is 31.8 Å². The third-order valence-corrected chi connectivity index (χ3v) is 5.30. The van der Waals surface area contributed by atoms with E-state index in [4.69, 9.17) is 10.8 Å². The zero-order chi connectivity index (χ0) is 22.4. The number of amides is 2. The molecule has 3 rings (SSSR count). The Bertz CT molecular complexity index is 1130. The van der Waals surface area contributed by atoms with E-state index >= 15 is 0 Å². The van der Waals surface area contributed by atoms with Gasteiger partial charge in [-0.25, -0.2) is 4.98 Å². The molecule has 0 radical (unpaired) electrons. The van der Waals surface area contributed by atoms with Crippen molar-refractivity contribution in [3.8, 4) is 12.3 Å². The molecule has 0 fully saturated rings. The number of oxazole rings is 1. The van der Waals surface area contributed by atoms with Crippen LogP contribution in [-0.4, -0.2) is 34.7 Å². The van der Waals surface area contributed by atoms with E-state index in [0.29, 0.717) is 27.6 Å². The predicted octanol–water partition coefficient (Wildman–Crippen LogP) is 3.49. The molecule has 2 aromatic carbocycles. The van der Waals surface area contributed by atoms with E-state index in [1.165, 1.54) is 0 Å². The Labute approximate surface area is 187 Å². The molecule has 1 unspecified atom stereocenters. The number of carbonyl (C=O) groups is 3. The summed E-state index contributed by atoms with van der Waals surface area (Å²) in [6.07, 6.45) is 5.66. The largest absolute Gasteiger partial charge is 0.434 e. The van der Waals surface area contributed by atoms with E-state index in [-0.39, 0.29) is 12.3 Å². The van der Waals surface area contributed by atoms with Crippen LogP contribution in [-0.2, 0) is 4.79 Å². The highest BCUT2D eigenvalue weighted by molar-refractivity contribution is 9.10. The third-order valence-electron chi connectivity index (χ3n) is 4.61. The second kappa shape index (κ2) is 10.0. The van der Waals surface area contributed by atoms with Crippen LogP contribution in [0, 0.1) is 12.3 Å². The van der Waals surface area contributed by atoms with Gasteiger partial charge in [-0.2, -0.15) is 0 Å². The second-order valence-corrected chi connectivity index (χ2v) is 7.59. The summed E-state index contributed by atoms with van der Waals surface area (Å²) in [7, 11) is 0. The number of hydrogen-bond donors (Lipinski definition) is 2. The van der Waals surface area contributed by atoms with Crippen LogP contribution in [0.3, 0.4) is 0 Å². The SMILES string of the molecule is C#CCC(NC(=O)c1ccccc1Br)C(=O)N[C@@H](CC)C(=O)c1nc2ccccc2o1. The van der Waals surface area contributed by atoms with Gasteiger partial charge in [-0.15, -0.1) is 12.3 Å². The molecule has 8 heteroatoms. The first kappa shape index (κ1) is 22.2. The zero-order valence-corrected chi connectivity index (χ0v) is 18.3. The molecular formula is C23H20BrN3O4. The minimum absolute atomic E-state index is 0.0322. The Hall–Kier alpha value is -3.44. The molecule has 1 aromatic heterocycles. The number of aromatic nitrogens is 1. The fourth-order valence-corrected chi connectivity index (χ4v) is 3.43. The lowest BCUT2D eigenvalue weighted by atomic mass is 10.1. The van der Waals surface area contributed by atoms with E-state index in [0.717, 1.165) is 0 Å². The average Bonchev–Trinajstić information content (AvgIpc) is 3.21. The number of nitrogens with one attached hydrogen (secondary N) is 2. The van der Waals surface area contributed by atoms with Gasteiger partial charge in [-0.05, 0) is 46.6 Å². The second-order valence-electron chi connectivity index (χ2n) is 6.73. The fraction of sp³-hybridized carbons (Fsp3) is 0.217. The van der Waals surface area contributed by atoms with Gasteiger partial charge in [0, 0.05) is 10.9 Å². The molecule has 0 bridgehead atoms. The number of ketones is 1. The summed E-state index contributed by atoms with van der Waals surface area (Å²) in [5, 5.41) is 5.29. The number of nitrogens with zero attached hydrogens (tertiary/aromatic N) is 1. The molecule has 158 valence electrons. The first-order valence-electron chi connectivity index (χ1n) is 9.63. The van der Waals surface area contributed by atoms with Gasteiger partial charge >= 0.3 is 0 Å². The van der Waals surface area contributed by atoms with Crippen LogP contribution >= 0.6 is 15.9 Å². The van der Waals surface area contributed by atoms with E-state index in [2.05, 4.69) is 37.5 Å². The van der Waals surface area contributed by atoms with Gasteiger partial charge in [0.2, 0.25) is 11.7 Å². The van der Waals surface area contributed by atoms with E-state index in [1.54, 1.807) is 55.5 Å². The van der Waals surface area contributed by atoms with Gasteiger partial charge in [0.15, 0.2) is 5.58 Å². The third kappa shape index (κ3) is 5.19. The highest BCUT2D eigenvalue weighted by Gasteiger charge is 2.29. The molecule has 0 aliphatic heterocycles. The molecule has 2 atom stereocenters. The van der Waals surface area contributed by atoms with E-state index in [1.807, 2.05) is 0 Å². The first-order chi connectivity index (χ1) is 14.9. The van der Waals surface area contributed by atoms with E-state index in [9.17, 15) is 14.4 Å². The van der Waals surface area contributed by atoms with Crippen molar-refractivity contribution in [2.24, 2.45) is 0 Å². The van der Waals surface area contributed by atoms with Crippen molar-refractivity contribution in [1.82, 2.24) is 15.6 Å². The molecule has 0 spiro atoms. The Morgan fingerprint density at radius 3 is 2.48 bits per heavy atom. The maximum absolute atomic E-state index is 12.8. The number of hydrogen-bond acceptors (Lipinski definition) is 5. The number of benzene rings is 2. The zero-order valence-electron chi connectivity index (χ0n) is 16.7. The average molecular weight is 482 g/mol. The van der Waals surface area contributed by atoms with Crippen LogP contribution in [0.25, 0.3) is 11.1 Å². The van der Waals surface area contributed by atoms with Crippen molar-refractivity contribution >= 4 is 44.6 Å². The number of carbonyl (C=O) groups excluding carboxylic acids is 3. The van der Waals surface area contributed by atoms with Crippen LogP contribution in [0.1, 0.15) is 40.8 Å². The van der Waals surface area contributed by atoms with Crippen molar-refractivity contribution in [2.75, 3.05) is 0 Å². The van der Waals surface area contributed by atoms with Crippen LogP contribution in [0.4, 0.5) is 0 Å². The maximum Gasteiger partial charge on any atom is 0.266 e. The summed E-state index contributed by atoms with van der Waals surface area (Å²) in [5.41, 5.74) is 1.41. The van der Waals surface area contributed by atoms with Crippen molar-refractivity contribution in [3.63, 3.8) is 0 Å². The monoisotopic (exact) mass is 481 g/mol. The number of rotatable bonds is 8. The molecule has 2 amide bonds. The summed E-state index contributed by atoms with van der Waals surface area (Å²) in [6.45, 7) is 1.75. The van der Waals surface area contributed by atoms with Gasteiger partial charge in [0.1, 0.15) is 11.6 Å². The van der Waals surface area contributed by atoms with E-state index < -0.39 is 29.7 Å². The van der Waals surface area contributed by atoms with Gasteiger partial charge in [0.05, 0.1) is 11.6 Å². The molecular weight excluding hydrogens is 462 g/mol. The predicted molar refractivity (Wildman–Crippen MR) is 119 cm³/mol. The number of fused-ring (bicyclic) bond motifs is 1. The van der Waals surface area contributed by atoms with Crippen molar-refractivity contribution < 1.29 is 18.8 Å². The number of halogens is 1. The van der Waals surface area contributed by atoms with Gasteiger partial charge < -0.3 is 15.1 Å². The first-order valence-corrected chi connectivity index (χ1v) is 10.4. The normalized spacial score (nSPS) is 12.5. The topological polar surface area (TPSA) is 101 Å². The van der Waals surface area contributed by atoms with Crippen molar-refractivity contribution in [3.05, 3.63) is 64.5 Å². The van der Waals surface area contributed by atoms with Crippen LogP contribution in [0.15, 0.2) is 57.4 Å². The molecule has 7 nitrogen and oxygen atoms in total. The maximum atomic E-state index is 12.8. The molecule has 0 saturated carbocycles. The molecule has 1 heterocycles. The highest BCUT2D eigenvalue weighted by atomic mass is 79.9. The lowest BCUT2D eigenvalue weighted by molar-refractivity contribution is -0.123. The summed E-state index contributed by atoms with van der Waals surface area (Å²) in [5.74, 6) is 0.830. The number of terminal acetylenes is 1. The Morgan fingerprint density at radius 1 is 1.10 bits per heavy atom. The highest BCUT2D eigenvalue weighted by Crippen LogP contribution is 2.17. The summed E-state index contributed by atoms with van der Waals surface area (Å²) in [6, 6.07) is 11.9. The molecule has 0 aliphatic carbocycles. The van der Waals surface area contributed by atoms with Crippen LogP contribution < -0.4 is 10.6 Å². The molecule has 0 saturated heterocycles. The van der Waals surface area contributed by atoms with Crippen LogP contribution in [0.2, 0.25) is 0 Å². The minimum Gasteiger partial charge on any atom is -0.434 e.